The molecule has 2 unspecified atom stereocenters. The SMILES string of the molecule is [C-]#[N+]c1cc(Cl)cc2c1C[C@H](N1CCC[C@H](C)C1)C2Oc1ccc(S(=O)(=O)C[C@H]2CCN(CCOCCNC(=O)NCCCCCC(=O)CCCOCCN3CC[C@H](NS(=O)(=O)c4ccc(OC5c6cc(Cl)cc(C#N)c6C[C@@H]5N5CCN[C@H](C)C5)cc4)C3)C2)cc1. The molecule has 0 aromatic heterocycles. The number of nitrogens with zero attached hydrogens (tertiary/aromatic N) is 6. The van der Waals surface area contributed by atoms with Gasteiger partial charge in [-0.1, -0.05) is 36.5 Å². The van der Waals surface area contributed by atoms with Crippen LogP contribution in [0.2, 0.25) is 10.0 Å². The van der Waals surface area contributed by atoms with Crippen LogP contribution < -0.4 is 30.1 Å². The number of sulfonamides is 1. The molecule has 92 heavy (non-hydrogen) atoms. The zero-order valence-electron chi connectivity index (χ0n) is 53.1. The average Bonchev–Trinajstić information content (AvgIpc) is 1.63. The van der Waals surface area contributed by atoms with Crippen LogP contribution in [0.5, 0.6) is 11.5 Å². The Morgan fingerprint density at radius 2 is 1.33 bits per heavy atom. The number of carbonyl (C=O) groups excluding carboxylic acids is 2. The number of hydrogen-bond acceptors (Lipinski definition) is 16. The fraction of sp³-hybridized carbons (Fsp3) is 0.588. The highest BCUT2D eigenvalue weighted by molar-refractivity contribution is 7.91. The highest BCUT2D eigenvalue weighted by atomic mass is 35.5. The second kappa shape index (κ2) is 32.8. The molecule has 4 heterocycles. The largest absolute Gasteiger partial charge is 0.484 e. The fourth-order valence-electron chi connectivity index (χ4n) is 14.2. The summed E-state index contributed by atoms with van der Waals surface area (Å²) in [6.07, 6.45) is 8.33. The minimum absolute atomic E-state index is 0.00268. The van der Waals surface area contributed by atoms with Crippen LogP contribution in [0.3, 0.4) is 0 Å². The predicted octanol–water partition coefficient (Wildman–Crippen LogP) is 8.92. The van der Waals surface area contributed by atoms with E-state index >= 15 is 0 Å². The third kappa shape index (κ3) is 18.7. The first-order valence-corrected chi connectivity index (χ1v) is 36.9. The number of piperidine rings is 1. The van der Waals surface area contributed by atoms with Crippen LogP contribution in [0.25, 0.3) is 4.85 Å². The topological polar surface area (TPSA) is 229 Å². The number of Topliss-reactive ketones (excluding diaryl/α,β-unsaturated/α-hetero) is 1. The van der Waals surface area contributed by atoms with Gasteiger partial charge in [0.15, 0.2) is 15.5 Å². The molecule has 4 N–H and O–H groups in total. The van der Waals surface area contributed by atoms with Gasteiger partial charge in [-0.3, -0.25) is 19.5 Å². The number of sulfone groups is 1. The molecule has 2 amide bonds. The Morgan fingerprint density at radius 3 is 2.02 bits per heavy atom. The first-order valence-electron chi connectivity index (χ1n) is 33.0. The van der Waals surface area contributed by atoms with Gasteiger partial charge in [0.25, 0.3) is 0 Å². The van der Waals surface area contributed by atoms with Gasteiger partial charge in [-0.25, -0.2) is 31.2 Å². The van der Waals surface area contributed by atoms with Crippen molar-refractivity contribution < 1.29 is 45.4 Å². The molecule has 10 rings (SSSR count). The van der Waals surface area contributed by atoms with E-state index in [2.05, 4.69) is 65.0 Å². The standard InChI is InChI=1S/C68H90Cl2N10O10S2/c1-47-9-7-25-79(42-47)65-40-60-62(37-52(70)38-63(60)72-3)67(65)90-55-12-16-57(17-13-55)91(83,84)46-49-20-26-77(44-49)29-34-88-32-24-75-68(82)74-22-6-4-5-10-54(81)11-8-31-87-33-30-78-27-21-53(45-78)76-92(85,86)58-18-14-56(15-19-58)89-66-61-36-51(69)35-50(41-71)59(61)39-64(66)80-28-23-73-48(2)43-80/h12-19,35-38,47-49,53,64-67,73,76H,4-11,20-34,39-40,42-46H2,1-2H3,(H2,74,75,82)/t47-,48+,49-,53-,64-,65-,66?,67?/m0/s1. The van der Waals surface area contributed by atoms with E-state index < -0.39 is 19.9 Å². The predicted molar refractivity (Wildman–Crippen MR) is 355 cm³/mol. The summed E-state index contributed by atoms with van der Waals surface area (Å²) in [5, 5.41) is 20.1. The third-order valence-electron chi connectivity index (χ3n) is 18.9. The number of piperazine rings is 1. The number of ketones is 1. The Hall–Kier alpha value is -5.44. The Labute approximate surface area is 554 Å². The first-order chi connectivity index (χ1) is 44.4. The van der Waals surface area contributed by atoms with Crippen LogP contribution in [0.1, 0.15) is 118 Å². The van der Waals surface area contributed by atoms with E-state index in [0.717, 1.165) is 100 Å². The maximum absolute atomic E-state index is 13.6. The van der Waals surface area contributed by atoms with Crippen LogP contribution >= 0.6 is 23.2 Å². The molecule has 2 aliphatic carbocycles. The van der Waals surface area contributed by atoms with E-state index in [1.807, 2.05) is 12.1 Å². The number of unbranched alkanes of at least 4 members (excludes halogenated alkanes) is 2. The minimum Gasteiger partial charge on any atom is -0.484 e. The lowest BCUT2D eigenvalue weighted by molar-refractivity contribution is -0.119. The molecule has 4 aromatic rings. The molecule has 20 nitrogen and oxygen atoms in total. The second-order valence-electron chi connectivity index (χ2n) is 25.9. The monoisotopic (exact) mass is 1340 g/mol. The number of benzene rings is 4. The summed E-state index contributed by atoms with van der Waals surface area (Å²) in [5.41, 5.74) is 4.86. The quantitative estimate of drug-likeness (QED) is 0.0272. The van der Waals surface area contributed by atoms with Crippen LogP contribution in [0, 0.1) is 29.7 Å². The van der Waals surface area contributed by atoms with Gasteiger partial charge in [-0.2, -0.15) is 5.26 Å². The van der Waals surface area contributed by atoms with Gasteiger partial charge in [0.1, 0.15) is 29.5 Å². The number of halogens is 2. The van der Waals surface area contributed by atoms with Crippen molar-refractivity contribution in [3.8, 4) is 17.6 Å². The Morgan fingerprint density at radius 1 is 0.696 bits per heavy atom. The lowest BCUT2D eigenvalue weighted by Crippen LogP contribution is -2.54. The third-order valence-corrected chi connectivity index (χ3v) is 22.8. The van der Waals surface area contributed by atoms with Crippen molar-refractivity contribution in [2.24, 2.45) is 11.8 Å². The van der Waals surface area contributed by atoms with E-state index in [-0.39, 0.29) is 63.6 Å². The zero-order chi connectivity index (χ0) is 64.8. The number of urea groups is 1. The molecule has 4 fully saturated rings. The Kier molecular flexibility index (Phi) is 24.7. The number of carbonyl (C=O) groups is 2. The van der Waals surface area contributed by atoms with Crippen LogP contribution in [-0.4, -0.2) is 190 Å². The summed E-state index contributed by atoms with van der Waals surface area (Å²) >= 11 is 13.0. The first kappa shape index (κ1) is 69.4. The summed E-state index contributed by atoms with van der Waals surface area (Å²) in [7, 11) is -7.34. The maximum Gasteiger partial charge on any atom is 0.314 e. The lowest BCUT2D eigenvalue weighted by atomic mass is 9.97. The highest BCUT2D eigenvalue weighted by Gasteiger charge is 2.43. The number of amides is 2. The minimum atomic E-state index is -3.79. The number of rotatable bonds is 31. The van der Waals surface area contributed by atoms with Crippen LogP contribution in [0.4, 0.5) is 10.5 Å². The highest BCUT2D eigenvalue weighted by Crippen LogP contribution is 2.46. The van der Waals surface area contributed by atoms with Crippen molar-refractivity contribution in [1.82, 2.24) is 40.3 Å². The van der Waals surface area contributed by atoms with Crippen LogP contribution in [0.15, 0.2) is 82.6 Å². The molecular formula is C68H90Cl2N10O10S2. The van der Waals surface area contributed by atoms with E-state index in [9.17, 15) is 31.7 Å². The molecule has 0 bridgehead atoms. The van der Waals surface area contributed by atoms with Crippen molar-refractivity contribution in [2.75, 3.05) is 117 Å². The summed E-state index contributed by atoms with van der Waals surface area (Å²) in [6, 6.07) is 22.7. The molecule has 498 valence electrons. The molecule has 4 aliphatic heterocycles. The smallest absolute Gasteiger partial charge is 0.314 e. The summed E-state index contributed by atoms with van der Waals surface area (Å²) < 4.78 is 82.1. The van der Waals surface area contributed by atoms with Crippen molar-refractivity contribution in [1.29, 1.82) is 5.26 Å². The van der Waals surface area contributed by atoms with Crippen molar-refractivity contribution in [3.63, 3.8) is 0 Å². The molecule has 4 saturated heterocycles. The number of nitrogens with one attached hydrogen (secondary N) is 4. The Bertz CT molecular complexity index is 3260. The van der Waals surface area contributed by atoms with Crippen molar-refractivity contribution in [2.45, 2.75) is 137 Å². The second-order valence-corrected chi connectivity index (χ2v) is 30.5. The molecule has 0 spiro atoms. The van der Waals surface area contributed by atoms with E-state index in [4.69, 9.17) is 48.7 Å². The average molecular weight is 1340 g/mol. The van der Waals surface area contributed by atoms with Gasteiger partial charge in [0, 0.05) is 107 Å². The molecule has 24 heteroatoms. The molecule has 0 radical (unpaired) electrons. The molecule has 6 aliphatic rings. The van der Waals surface area contributed by atoms with Gasteiger partial charge in [0.2, 0.25) is 10.0 Å². The van der Waals surface area contributed by atoms with Gasteiger partial charge >= 0.3 is 6.03 Å². The Balaban J connectivity index is 0.525. The van der Waals surface area contributed by atoms with Crippen molar-refractivity contribution >= 4 is 60.6 Å². The van der Waals surface area contributed by atoms with Gasteiger partial charge in [-0.05, 0) is 191 Å². The number of likely N-dealkylation sites (tertiary alicyclic amines) is 3. The van der Waals surface area contributed by atoms with E-state index in [1.165, 1.54) is 6.42 Å². The summed E-state index contributed by atoms with van der Waals surface area (Å²) in [5.74, 6) is 1.94. The normalized spacial score (nSPS) is 23.8. The number of hydrogen-bond donors (Lipinski definition) is 4. The van der Waals surface area contributed by atoms with E-state index in [0.29, 0.717) is 149 Å². The maximum atomic E-state index is 13.6. The lowest BCUT2D eigenvalue weighted by Gasteiger charge is -2.38. The van der Waals surface area contributed by atoms with Gasteiger partial charge < -0.3 is 39.8 Å². The van der Waals surface area contributed by atoms with Crippen LogP contribution in [-0.2, 0) is 47.0 Å². The van der Waals surface area contributed by atoms with Gasteiger partial charge in [0.05, 0.1) is 65.7 Å². The summed E-state index contributed by atoms with van der Waals surface area (Å²) in [4.78, 5) is 38.4. The fourth-order valence-corrected chi connectivity index (χ4v) is 17.6. The van der Waals surface area contributed by atoms with Crippen molar-refractivity contribution in [3.05, 3.63) is 122 Å². The summed E-state index contributed by atoms with van der Waals surface area (Å²) in [6.45, 7) is 23.4. The number of nitriles is 1. The molecular weight excluding hydrogens is 1250 g/mol. The number of ether oxygens (including phenoxy) is 4. The van der Waals surface area contributed by atoms with E-state index in [1.54, 1.807) is 60.7 Å². The van der Waals surface area contributed by atoms with Gasteiger partial charge in [-0.15, -0.1) is 0 Å². The molecule has 4 aromatic carbocycles. The molecule has 0 saturated carbocycles. The number of fused-ring (bicyclic) bond motifs is 2. The zero-order valence-corrected chi connectivity index (χ0v) is 56.2. The molecule has 8 atom stereocenters.